The van der Waals surface area contributed by atoms with E-state index < -0.39 is 0 Å². The van der Waals surface area contributed by atoms with Crippen LogP contribution in [0.4, 0.5) is 0 Å². The van der Waals surface area contributed by atoms with Crippen LogP contribution in [0.15, 0.2) is 0 Å². The fraction of sp³-hybridized carbons (Fsp3) is 1.00. The van der Waals surface area contributed by atoms with Gasteiger partial charge in [-0.1, -0.05) is 13.8 Å². The van der Waals surface area contributed by atoms with Crippen LogP contribution in [0.3, 0.4) is 0 Å². The van der Waals surface area contributed by atoms with Crippen molar-refractivity contribution in [1.29, 1.82) is 0 Å². The van der Waals surface area contributed by atoms with Crippen LogP contribution >= 0.6 is 0 Å². The molecule has 3 heteroatoms. The molecule has 0 aromatic rings. The molecule has 0 saturated carbocycles. The molecule has 2 unspecified atom stereocenters. The van der Waals surface area contributed by atoms with E-state index in [0.29, 0.717) is 6.04 Å². The summed E-state index contributed by atoms with van der Waals surface area (Å²) in [6.07, 6.45) is 5.73. The Bertz CT molecular complexity index is 210. The van der Waals surface area contributed by atoms with Gasteiger partial charge in [0.05, 0.1) is 6.61 Å². The first-order chi connectivity index (χ1) is 8.15. The molecule has 0 bridgehead atoms. The average Bonchev–Trinajstić information content (AvgIpc) is 2.53. The Hall–Kier alpha value is -0.120. The number of hydrogen-bond acceptors (Lipinski definition) is 3. The molecule has 0 aromatic heterocycles. The molecule has 1 rings (SSSR count). The zero-order valence-electron chi connectivity index (χ0n) is 11.8. The van der Waals surface area contributed by atoms with E-state index in [1.54, 1.807) is 0 Å². The van der Waals surface area contributed by atoms with Crippen LogP contribution in [0.5, 0.6) is 0 Å². The first-order valence-electron chi connectivity index (χ1n) is 7.26. The van der Waals surface area contributed by atoms with Gasteiger partial charge < -0.3 is 15.3 Å². The molecule has 102 valence electrons. The second-order valence-electron chi connectivity index (χ2n) is 5.59. The largest absolute Gasteiger partial charge is 0.394 e. The minimum atomic E-state index is -0.0298. The highest BCUT2D eigenvalue weighted by molar-refractivity contribution is 4.92. The van der Waals surface area contributed by atoms with E-state index in [4.69, 9.17) is 0 Å². The number of hydrogen-bond donors (Lipinski definition) is 2. The van der Waals surface area contributed by atoms with E-state index in [1.165, 1.54) is 25.9 Å². The van der Waals surface area contributed by atoms with E-state index >= 15 is 0 Å². The molecule has 0 radical (unpaired) electrons. The number of nitrogens with one attached hydrogen (secondary N) is 1. The normalized spacial score (nSPS) is 28.9. The first-order valence-corrected chi connectivity index (χ1v) is 7.26. The lowest BCUT2D eigenvalue weighted by atomic mass is 9.90. The molecule has 17 heavy (non-hydrogen) atoms. The number of aliphatic hydroxyl groups is 1. The predicted octanol–water partition coefficient (Wildman–Crippen LogP) is 2.00. The molecule has 1 heterocycles. The Morgan fingerprint density at radius 3 is 2.65 bits per heavy atom. The van der Waals surface area contributed by atoms with Crippen LogP contribution in [-0.4, -0.2) is 47.8 Å². The highest BCUT2D eigenvalue weighted by Crippen LogP contribution is 2.23. The summed E-state index contributed by atoms with van der Waals surface area (Å²) in [4.78, 5) is 2.54. The van der Waals surface area contributed by atoms with Crippen LogP contribution in [0, 0.1) is 0 Å². The predicted molar refractivity (Wildman–Crippen MR) is 73.3 cm³/mol. The van der Waals surface area contributed by atoms with Crippen molar-refractivity contribution in [3.8, 4) is 0 Å². The summed E-state index contributed by atoms with van der Waals surface area (Å²) in [5, 5.41) is 13.4. The zero-order valence-corrected chi connectivity index (χ0v) is 11.8. The van der Waals surface area contributed by atoms with Gasteiger partial charge in [-0.05, 0) is 58.7 Å². The van der Waals surface area contributed by atoms with Crippen molar-refractivity contribution in [3.05, 3.63) is 0 Å². The van der Waals surface area contributed by atoms with Gasteiger partial charge in [0.15, 0.2) is 0 Å². The van der Waals surface area contributed by atoms with Crippen LogP contribution in [0.2, 0.25) is 0 Å². The Kier molecular flexibility index (Phi) is 6.45. The molecule has 0 aromatic carbocycles. The SMILES string of the molecule is CCCN1CCCC(CO)(NC(C)CC)CC1. The lowest BCUT2D eigenvalue weighted by Crippen LogP contribution is -2.52. The first kappa shape index (κ1) is 14.9. The smallest absolute Gasteiger partial charge is 0.0613 e. The fourth-order valence-electron chi connectivity index (χ4n) is 2.76. The van der Waals surface area contributed by atoms with Crippen LogP contribution < -0.4 is 5.32 Å². The third-order valence-electron chi connectivity index (χ3n) is 4.04. The number of nitrogens with zero attached hydrogens (tertiary/aromatic N) is 1. The van der Waals surface area contributed by atoms with Crippen molar-refractivity contribution in [3.63, 3.8) is 0 Å². The minimum Gasteiger partial charge on any atom is -0.394 e. The Labute approximate surface area is 107 Å². The highest BCUT2D eigenvalue weighted by Gasteiger charge is 2.32. The molecule has 2 N–H and O–H groups in total. The van der Waals surface area contributed by atoms with Gasteiger partial charge in [-0.2, -0.15) is 0 Å². The van der Waals surface area contributed by atoms with Gasteiger partial charge in [0.2, 0.25) is 0 Å². The summed E-state index contributed by atoms with van der Waals surface area (Å²) in [5.74, 6) is 0. The Morgan fingerprint density at radius 1 is 1.29 bits per heavy atom. The van der Waals surface area contributed by atoms with Crippen molar-refractivity contribution >= 4 is 0 Å². The van der Waals surface area contributed by atoms with Crippen molar-refractivity contribution < 1.29 is 5.11 Å². The molecule has 1 aliphatic heterocycles. The molecule has 2 atom stereocenters. The van der Waals surface area contributed by atoms with E-state index in [1.807, 2.05) is 0 Å². The summed E-state index contributed by atoms with van der Waals surface area (Å²) in [6, 6.07) is 0.500. The summed E-state index contributed by atoms with van der Waals surface area (Å²) >= 11 is 0. The summed E-state index contributed by atoms with van der Waals surface area (Å²) in [5.41, 5.74) is -0.0298. The highest BCUT2D eigenvalue weighted by atomic mass is 16.3. The molecule has 1 saturated heterocycles. The molecule has 0 amide bonds. The molecule has 0 aliphatic carbocycles. The lowest BCUT2D eigenvalue weighted by molar-refractivity contribution is 0.131. The minimum absolute atomic E-state index is 0.0298. The molecule has 1 aliphatic rings. The van der Waals surface area contributed by atoms with Crippen LogP contribution in [0.25, 0.3) is 0 Å². The van der Waals surface area contributed by atoms with E-state index in [-0.39, 0.29) is 12.1 Å². The topological polar surface area (TPSA) is 35.5 Å². The molecule has 1 fully saturated rings. The summed E-state index contributed by atoms with van der Waals surface area (Å²) in [7, 11) is 0. The Balaban J connectivity index is 2.54. The van der Waals surface area contributed by atoms with Crippen molar-refractivity contribution in [1.82, 2.24) is 10.2 Å². The molecule has 3 nitrogen and oxygen atoms in total. The molecular formula is C14H30N2O. The zero-order chi connectivity index (χ0) is 12.7. The van der Waals surface area contributed by atoms with Gasteiger partial charge in [0, 0.05) is 11.6 Å². The number of rotatable bonds is 6. The van der Waals surface area contributed by atoms with Gasteiger partial charge in [0.25, 0.3) is 0 Å². The van der Waals surface area contributed by atoms with Crippen LogP contribution in [-0.2, 0) is 0 Å². The van der Waals surface area contributed by atoms with Gasteiger partial charge in [0.1, 0.15) is 0 Å². The van der Waals surface area contributed by atoms with Gasteiger partial charge >= 0.3 is 0 Å². The van der Waals surface area contributed by atoms with Crippen molar-refractivity contribution in [2.24, 2.45) is 0 Å². The van der Waals surface area contributed by atoms with Gasteiger partial charge in [-0.3, -0.25) is 0 Å². The van der Waals surface area contributed by atoms with Crippen molar-refractivity contribution in [2.75, 3.05) is 26.2 Å². The maximum absolute atomic E-state index is 9.75. The quantitative estimate of drug-likeness (QED) is 0.748. The fourth-order valence-corrected chi connectivity index (χ4v) is 2.76. The monoisotopic (exact) mass is 242 g/mol. The second kappa shape index (κ2) is 7.34. The maximum Gasteiger partial charge on any atom is 0.0613 e. The lowest BCUT2D eigenvalue weighted by Gasteiger charge is -2.35. The Morgan fingerprint density at radius 2 is 2.06 bits per heavy atom. The maximum atomic E-state index is 9.75. The summed E-state index contributed by atoms with van der Waals surface area (Å²) in [6.45, 7) is 10.4. The van der Waals surface area contributed by atoms with Crippen molar-refractivity contribution in [2.45, 2.75) is 64.5 Å². The van der Waals surface area contributed by atoms with E-state index in [2.05, 4.69) is 31.0 Å². The van der Waals surface area contributed by atoms with E-state index in [9.17, 15) is 5.11 Å². The van der Waals surface area contributed by atoms with Gasteiger partial charge in [-0.15, -0.1) is 0 Å². The van der Waals surface area contributed by atoms with E-state index in [0.717, 1.165) is 25.8 Å². The van der Waals surface area contributed by atoms with Gasteiger partial charge in [-0.25, -0.2) is 0 Å². The second-order valence-corrected chi connectivity index (χ2v) is 5.59. The third kappa shape index (κ3) is 4.57. The third-order valence-corrected chi connectivity index (χ3v) is 4.04. The molecular weight excluding hydrogens is 212 g/mol. The van der Waals surface area contributed by atoms with Crippen LogP contribution in [0.1, 0.15) is 52.9 Å². The molecule has 0 spiro atoms. The number of likely N-dealkylation sites (tertiary alicyclic amines) is 1. The number of aliphatic hydroxyl groups excluding tert-OH is 1. The standard InChI is InChI=1S/C14H30N2O/c1-4-9-16-10-6-7-14(12-17,8-11-16)15-13(3)5-2/h13,15,17H,4-12H2,1-3H3. The summed E-state index contributed by atoms with van der Waals surface area (Å²) < 4.78 is 0. The average molecular weight is 242 g/mol.